The lowest BCUT2D eigenvalue weighted by Crippen LogP contribution is -2.04. The van der Waals surface area contributed by atoms with Gasteiger partial charge in [-0.15, -0.1) is 0 Å². The number of fused-ring (bicyclic) bond motifs is 1. The summed E-state index contributed by atoms with van der Waals surface area (Å²) in [4.78, 5) is 13.2. The highest BCUT2D eigenvalue weighted by molar-refractivity contribution is 5.94. The third-order valence-corrected chi connectivity index (χ3v) is 3.71. The average molecular weight is 305 g/mol. The molecule has 0 unspecified atom stereocenters. The molecule has 0 saturated carbocycles. The summed E-state index contributed by atoms with van der Waals surface area (Å²) in [6.45, 7) is 1.29. The van der Waals surface area contributed by atoms with E-state index >= 15 is 0 Å². The Labute approximate surface area is 132 Å². The van der Waals surface area contributed by atoms with E-state index in [9.17, 15) is 0 Å². The van der Waals surface area contributed by atoms with Gasteiger partial charge in [0, 0.05) is 30.2 Å². The molecule has 3 aromatic heterocycles. The van der Waals surface area contributed by atoms with Gasteiger partial charge in [-0.3, -0.25) is 15.1 Å². The van der Waals surface area contributed by atoms with Crippen LogP contribution in [0.5, 0.6) is 0 Å². The van der Waals surface area contributed by atoms with Crippen molar-refractivity contribution < 1.29 is 0 Å². The lowest BCUT2D eigenvalue weighted by Gasteiger charge is -2.10. The number of aliphatic imine (C=N–C) groups is 1. The van der Waals surface area contributed by atoms with Gasteiger partial charge in [0.25, 0.3) is 0 Å². The molecule has 23 heavy (non-hydrogen) atoms. The summed E-state index contributed by atoms with van der Waals surface area (Å²) < 4.78 is 0. The Morgan fingerprint density at radius 3 is 3.04 bits per heavy atom. The van der Waals surface area contributed by atoms with Crippen LogP contribution in [-0.2, 0) is 6.54 Å². The lowest BCUT2D eigenvalue weighted by atomic mass is 10.1. The molecule has 0 bridgehead atoms. The predicted molar refractivity (Wildman–Crippen MR) is 91.2 cm³/mol. The molecule has 114 valence electrons. The third kappa shape index (κ3) is 2.64. The number of pyridine rings is 2. The molecule has 3 aromatic rings. The number of nitrogens with two attached hydrogens (primary N) is 1. The topological polar surface area (TPSA) is 105 Å². The first-order chi connectivity index (χ1) is 11.3. The van der Waals surface area contributed by atoms with Crippen LogP contribution in [-0.4, -0.2) is 32.9 Å². The summed E-state index contributed by atoms with van der Waals surface area (Å²) in [5.74, 6) is 0.459. The highest BCUT2D eigenvalue weighted by Crippen LogP contribution is 2.26. The maximum absolute atomic E-state index is 5.94. The van der Waals surface area contributed by atoms with Crippen LogP contribution in [0.2, 0.25) is 0 Å². The van der Waals surface area contributed by atoms with Crippen LogP contribution in [0.3, 0.4) is 0 Å². The molecule has 0 amide bonds. The minimum Gasteiger partial charge on any atom is -0.384 e. The highest BCUT2D eigenvalue weighted by atomic mass is 15.1. The van der Waals surface area contributed by atoms with E-state index in [0.717, 1.165) is 33.6 Å². The van der Waals surface area contributed by atoms with E-state index in [1.807, 2.05) is 30.6 Å². The minimum absolute atomic E-state index is 0.459. The number of nitrogens with zero attached hydrogens (tertiary/aromatic N) is 4. The number of nitrogen functional groups attached to an aromatic ring is 1. The average Bonchev–Trinajstić information content (AvgIpc) is 3.25. The van der Waals surface area contributed by atoms with Crippen molar-refractivity contribution in [2.45, 2.75) is 6.54 Å². The Hall–Kier alpha value is -3.22. The maximum Gasteiger partial charge on any atom is 0.126 e. The monoisotopic (exact) mass is 305 g/mol. The second-order valence-corrected chi connectivity index (χ2v) is 5.30. The Morgan fingerprint density at radius 2 is 2.26 bits per heavy atom. The molecule has 0 radical (unpaired) electrons. The highest BCUT2D eigenvalue weighted by Gasteiger charge is 2.10. The van der Waals surface area contributed by atoms with Gasteiger partial charge in [0.1, 0.15) is 11.3 Å². The van der Waals surface area contributed by atoms with Gasteiger partial charge in [0.2, 0.25) is 0 Å². The fourth-order valence-electron chi connectivity index (χ4n) is 2.55. The summed E-state index contributed by atoms with van der Waals surface area (Å²) >= 11 is 0. The zero-order valence-electron chi connectivity index (χ0n) is 12.3. The van der Waals surface area contributed by atoms with E-state index in [4.69, 9.17) is 5.73 Å². The molecule has 4 N–H and O–H groups in total. The van der Waals surface area contributed by atoms with Crippen molar-refractivity contribution in [1.29, 1.82) is 0 Å². The normalized spacial score (nSPS) is 13.5. The van der Waals surface area contributed by atoms with Gasteiger partial charge >= 0.3 is 0 Å². The molecule has 7 nitrogen and oxygen atoms in total. The Balaban J connectivity index is 1.70. The van der Waals surface area contributed by atoms with Gasteiger partial charge in [-0.1, -0.05) is 0 Å². The van der Waals surface area contributed by atoms with Crippen molar-refractivity contribution in [3.05, 3.63) is 47.9 Å². The van der Waals surface area contributed by atoms with Crippen molar-refractivity contribution in [3.63, 3.8) is 0 Å². The number of hydrogen-bond donors (Lipinski definition) is 3. The van der Waals surface area contributed by atoms with Crippen LogP contribution in [0.25, 0.3) is 16.6 Å². The van der Waals surface area contributed by atoms with Gasteiger partial charge < -0.3 is 11.1 Å². The Morgan fingerprint density at radius 1 is 1.30 bits per heavy atom. The molecule has 4 rings (SSSR count). The predicted octanol–water partition coefficient (Wildman–Crippen LogP) is 2.01. The second kappa shape index (κ2) is 5.53. The largest absolute Gasteiger partial charge is 0.384 e. The van der Waals surface area contributed by atoms with Crippen molar-refractivity contribution in [3.8, 4) is 0 Å². The number of hydrogen-bond acceptors (Lipinski definition) is 6. The van der Waals surface area contributed by atoms with Crippen LogP contribution < -0.4 is 11.1 Å². The summed E-state index contributed by atoms with van der Waals surface area (Å²) in [5, 5.41) is 10.2. The van der Waals surface area contributed by atoms with Gasteiger partial charge in [0.05, 0.1) is 30.0 Å². The first-order valence-electron chi connectivity index (χ1n) is 7.27. The van der Waals surface area contributed by atoms with Gasteiger partial charge in [0.15, 0.2) is 0 Å². The van der Waals surface area contributed by atoms with E-state index in [1.54, 1.807) is 12.3 Å². The molecule has 1 aliphatic rings. The molecule has 1 aliphatic heterocycles. The van der Waals surface area contributed by atoms with Crippen molar-refractivity contribution in [1.82, 2.24) is 20.2 Å². The van der Waals surface area contributed by atoms with Gasteiger partial charge in [-0.05, 0) is 23.8 Å². The Bertz CT molecular complexity index is 910. The molecule has 4 heterocycles. The summed E-state index contributed by atoms with van der Waals surface area (Å²) in [5.41, 5.74) is 11.5. The molecule has 0 fully saturated rings. The van der Waals surface area contributed by atoms with Crippen molar-refractivity contribution in [2.24, 2.45) is 4.99 Å². The fraction of sp³-hybridized carbons (Fsp3) is 0.125. The third-order valence-electron chi connectivity index (χ3n) is 3.71. The van der Waals surface area contributed by atoms with Crippen LogP contribution in [0.15, 0.2) is 41.7 Å². The number of anilines is 2. The fourth-order valence-corrected chi connectivity index (χ4v) is 2.55. The second-order valence-electron chi connectivity index (χ2n) is 5.30. The standard InChI is InChI=1S/C16H15N7/c17-15-6-13(19-9-12-2-4-21-23-12)16-14(22-15)5-11(8-20-16)10-1-3-18-7-10/h1-6,8H,7,9H2,(H,21,23)(H3,17,19,22). The summed E-state index contributed by atoms with van der Waals surface area (Å²) in [6.07, 6.45) is 7.37. The van der Waals surface area contributed by atoms with Crippen molar-refractivity contribution >= 4 is 34.3 Å². The maximum atomic E-state index is 5.94. The molecule has 0 saturated heterocycles. The molecular formula is C16H15N7. The van der Waals surface area contributed by atoms with Gasteiger partial charge in [-0.2, -0.15) is 5.10 Å². The molecular weight excluding hydrogens is 290 g/mol. The molecule has 0 aliphatic carbocycles. The number of aromatic nitrogens is 4. The number of allylic oxidation sites excluding steroid dienone is 1. The first-order valence-corrected chi connectivity index (χ1v) is 7.27. The minimum atomic E-state index is 0.459. The zero-order chi connectivity index (χ0) is 15.6. The van der Waals surface area contributed by atoms with E-state index < -0.39 is 0 Å². The van der Waals surface area contributed by atoms with Gasteiger partial charge in [-0.25, -0.2) is 4.98 Å². The molecule has 7 heteroatoms. The SMILES string of the molecule is Nc1cc(NCc2ccn[nH]2)c2ncc(C3=CC=NC3)cc2n1. The smallest absolute Gasteiger partial charge is 0.126 e. The van der Waals surface area contributed by atoms with Crippen LogP contribution in [0, 0.1) is 0 Å². The molecule has 0 atom stereocenters. The van der Waals surface area contributed by atoms with E-state index in [-0.39, 0.29) is 0 Å². The summed E-state index contributed by atoms with van der Waals surface area (Å²) in [7, 11) is 0. The molecule has 0 spiro atoms. The number of H-pyrrole nitrogens is 1. The zero-order valence-corrected chi connectivity index (χ0v) is 12.3. The van der Waals surface area contributed by atoms with E-state index in [0.29, 0.717) is 18.9 Å². The Kier molecular flexibility index (Phi) is 3.23. The quantitative estimate of drug-likeness (QED) is 0.684. The van der Waals surface area contributed by atoms with Crippen molar-refractivity contribution in [2.75, 3.05) is 17.6 Å². The van der Waals surface area contributed by atoms with E-state index in [2.05, 4.69) is 30.5 Å². The lowest BCUT2D eigenvalue weighted by molar-refractivity contribution is 0.982. The number of aromatic amines is 1. The van der Waals surface area contributed by atoms with Crippen LogP contribution in [0.1, 0.15) is 11.3 Å². The number of rotatable bonds is 4. The number of nitrogens with one attached hydrogen (secondary N) is 2. The first kappa shape index (κ1) is 13.4. The molecule has 0 aromatic carbocycles. The summed E-state index contributed by atoms with van der Waals surface area (Å²) in [6, 6.07) is 5.71. The van der Waals surface area contributed by atoms with Crippen LogP contribution >= 0.6 is 0 Å². The van der Waals surface area contributed by atoms with Crippen LogP contribution in [0.4, 0.5) is 11.5 Å². The van der Waals surface area contributed by atoms with E-state index in [1.165, 1.54) is 0 Å².